The van der Waals surface area contributed by atoms with Crippen molar-refractivity contribution in [1.29, 1.82) is 0 Å². The minimum Gasteiger partial charge on any atom is -0.478 e. The van der Waals surface area contributed by atoms with Gasteiger partial charge < -0.3 is 15.8 Å². The first-order chi connectivity index (χ1) is 6.58. The van der Waals surface area contributed by atoms with Gasteiger partial charge in [0.2, 0.25) is 0 Å². The first-order valence-electron chi connectivity index (χ1n) is 4.20. The van der Waals surface area contributed by atoms with Gasteiger partial charge in [0.25, 0.3) is 0 Å². The van der Waals surface area contributed by atoms with Gasteiger partial charge in [-0.3, -0.25) is 0 Å². The van der Waals surface area contributed by atoms with E-state index in [1.54, 1.807) is 6.07 Å². The maximum Gasteiger partial charge on any atom is 0.335 e. The van der Waals surface area contributed by atoms with Crippen LogP contribution in [0.1, 0.15) is 16.1 Å². The van der Waals surface area contributed by atoms with Crippen LogP contribution < -0.4 is 5.73 Å². The van der Waals surface area contributed by atoms with Gasteiger partial charge in [0, 0.05) is 22.3 Å². The molecule has 0 aliphatic carbocycles. The standard InChI is InChI=1S/C10H10N2O2/c1-5-2-7-8(11)3-6(10(13)14)4-9(7)12-5/h2-4,12H,11H2,1H3,(H,13,14). The Hall–Kier alpha value is -1.97. The first-order valence-corrected chi connectivity index (χ1v) is 4.20. The second kappa shape index (κ2) is 2.77. The molecule has 0 amide bonds. The topological polar surface area (TPSA) is 79.1 Å². The molecule has 0 radical (unpaired) electrons. The number of hydrogen-bond donors (Lipinski definition) is 3. The zero-order valence-electron chi connectivity index (χ0n) is 7.66. The Labute approximate surface area is 80.3 Å². The third-order valence-corrected chi connectivity index (χ3v) is 2.15. The Balaban J connectivity index is 2.77. The Kier molecular flexibility index (Phi) is 1.70. The number of aromatic carboxylic acids is 1. The highest BCUT2D eigenvalue weighted by molar-refractivity contribution is 5.99. The molecule has 0 unspecified atom stereocenters. The molecule has 4 heteroatoms. The summed E-state index contributed by atoms with van der Waals surface area (Å²) >= 11 is 0. The number of nitrogens with one attached hydrogen (secondary N) is 1. The number of H-pyrrole nitrogens is 1. The van der Waals surface area contributed by atoms with E-state index in [4.69, 9.17) is 10.8 Å². The molecule has 1 aromatic carbocycles. The van der Waals surface area contributed by atoms with E-state index in [1.807, 2.05) is 13.0 Å². The Morgan fingerprint density at radius 1 is 1.43 bits per heavy atom. The molecule has 0 aliphatic rings. The lowest BCUT2D eigenvalue weighted by atomic mass is 10.1. The molecule has 1 aromatic heterocycles. The minimum atomic E-state index is -0.967. The van der Waals surface area contributed by atoms with Crippen LogP contribution in [0.5, 0.6) is 0 Å². The third kappa shape index (κ3) is 1.21. The molecule has 2 aromatic rings. The number of hydrogen-bond acceptors (Lipinski definition) is 2. The van der Waals surface area contributed by atoms with Crippen molar-refractivity contribution in [3.63, 3.8) is 0 Å². The van der Waals surface area contributed by atoms with Gasteiger partial charge in [-0.05, 0) is 25.1 Å². The average molecular weight is 190 g/mol. The first kappa shape index (κ1) is 8.62. The number of fused-ring (bicyclic) bond motifs is 1. The predicted molar refractivity (Wildman–Crippen MR) is 54.4 cm³/mol. The van der Waals surface area contributed by atoms with Gasteiger partial charge in [-0.1, -0.05) is 0 Å². The van der Waals surface area contributed by atoms with Gasteiger partial charge >= 0.3 is 5.97 Å². The molecular weight excluding hydrogens is 180 g/mol. The molecule has 4 N–H and O–H groups in total. The highest BCUT2D eigenvalue weighted by atomic mass is 16.4. The van der Waals surface area contributed by atoms with E-state index in [9.17, 15) is 4.79 Å². The van der Waals surface area contributed by atoms with Crippen LogP contribution in [0.4, 0.5) is 5.69 Å². The molecule has 0 aliphatic heterocycles. The predicted octanol–water partition coefficient (Wildman–Crippen LogP) is 1.76. The van der Waals surface area contributed by atoms with Gasteiger partial charge in [0.05, 0.1) is 5.56 Å². The molecule has 0 saturated heterocycles. The van der Waals surface area contributed by atoms with Crippen LogP contribution in [-0.2, 0) is 0 Å². The summed E-state index contributed by atoms with van der Waals surface area (Å²) in [6, 6.07) is 4.95. The van der Waals surface area contributed by atoms with Crippen LogP contribution in [0, 0.1) is 6.92 Å². The van der Waals surface area contributed by atoms with Crippen LogP contribution in [0.15, 0.2) is 18.2 Å². The zero-order chi connectivity index (χ0) is 10.3. The van der Waals surface area contributed by atoms with Crippen molar-refractivity contribution in [2.75, 3.05) is 5.73 Å². The van der Waals surface area contributed by atoms with Crippen molar-refractivity contribution in [3.8, 4) is 0 Å². The van der Waals surface area contributed by atoms with Gasteiger partial charge in [-0.2, -0.15) is 0 Å². The lowest BCUT2D eigenvalue weighted by Crippen LogP contribution is -1.98. The van der Waals surface area contributed by atoms with Crippen molar-refractivity contribution in [3.05, 3.63) is 29.5 Å². The number of anilines is 1. The van der Waals surface area contributed by atoms with E-state index in [0.29, 0.717) is 5.69 Å². The monoisotopic (exact) mass is 190 g/mol. The van der Waals surface area contributed by atoms with Crippen molar-refractivity contribution < 1.29 is 9.90 Å². The number of aromatic nitrogens is 1. The summed E-state index contributed by atoms with van der Waals surface area (Å²) in [5.74, 6) is -0.967. The number of aryl methyl sites for hydroxylation is 1. The molecule has 1 heterocycles. The summed E-state index contributed by atoms with van der Waals surface area (Å²) in [7, 11) is 0. The average Bonchev–Trinajstić information content (AvgIpc) is 2.45. The van der Waals surface area contributed by atoms with Gasteiger partial charge in [0.1, 0.15) is 0 Å². The second-order valence-electron chi connectivity index (χ2n) is 3.28. The van der Waals surface area contributed by atoms with Crippen LogP contribution in [0.3, 0.4) is 0 Å². The van der Waals surface area contributed by atoms with Gasteiger partial charge in [-0.25, -0.2) is 4.79 Å². The van der Waals surface area contributed by atoms with Crippen LogP contribution in [-0.4, -0.2) is 16.1 Å². The number of nitrogen functional groups attached to an aromatic ring is 1. The molecular formula is C10H10N2O2. The number of nitrogens with two attached hydrogens (primary N) is 1. The van der Waals surface area contributed by atoms with E-state index in [1.165, 1.54) is 6.07 Å². The van der Waals surface area contributed by atoms with E-state index in [-0.39, 0.29) is 5.56 Å². The summed E-state index contributed by atoms with van der Waals surface area (Å²) < 4.78 is 0. The van der Waals surface area contributed by atoms with Gasteiger partial charge in [0.15, 0.2) is 0 Å². The van der Waals surface area contributed by atoms with Crippen LogP contribution in [0.25, 0.3) is 10.9 Å². The van der Waals surface area contributed by atoms with Crippen molar-refractivity contribution in [2.24, 2.45) is 0 Å². The molecule has 0 saturated carbocycles. The summed E-state index contributed by atoms with van der Waals surface area (Å²) in [5, 5.41) is 9.67. The summed E-state index contributed by atoms with van der Waals surface area (Å²) in [4.78, 5) is 13.8. The number of rotatable bonds is 1. The van der Waals surface area contributed by atoms with E-state index < -0.39 is 5.97 Å². The normalized spacial score (nSPS) is 10.6. The third-order valence-electron chi connectivity index (χ3n) is 2.15. The number of carboxylic acids is 1. The molecule has 0 atom stereocenters. The Morgan fingerprint density at radius 2 is 2.14 bits per heavy atom. The second-order valence-corrected chi connectivity index (χ2v) is 3.28. The van der Waals surface area contributed by atoms with Crippen molar-refractivity contribution in [1.82, 2.24) is 4.98 Å². The number of carboxylic acid groups (broad SMARTS) is 1. The number of carbonyl (C=O) groups is 1. The Morgan fingerprint density at radius 3 is 2.79 bits per heavy atom. The number of benzene rings is 1. The lowest BCUT2D eigenvalue weighted by molar-refractivity contribution is 0.0697. The molecule has 0 spiro atoms. The van der Waals surface area contributed by atoms with E-state index in [2.05, 4.69) is 4.98 Å². The zero-order valence-corrected chi connectivity index (χ0v) is 7.66. The van der Waals surface area contributed by atoms with E-state index >= 15 is 0 Å². The molecule has 0 bridgehead atoms. The fourth-order valence-corrected chi connectivity index (χ4v) is 1.53. The summed E-state index contributed by atoms with van der Waals surface area (Å²) in [6.07, 6.45) is 0. The minimum absolute atomic E-state index is 0.205. The highest BCUT2D eigenvalue weighted by Gasteiger charge is 2.08. The largest absolute Gasteiger partial charge is 0.478 e. The molecule has 72 valence electrons. The fraction of sp³-hybridized carbons (Fsp3) is 0.100. The van der Waals surface area contributed by atoms with Crippen LogP contribution in [0.2, 0.25) is 0 Å². The molecule has 2 rings (SSSR count). The van der Waals surface area contributed by atoms with Crippen molar-refractivity contribution >= 4 is 22.6 Å². The fourth-order valence-electron chi connectivity index (χ4n) is 1.53. The maximum atomic E-state index is 10.7. The van der Waals surface area contributed by atoms with Gasteiger partial charge in [-0.15, -0.1) is 0 Å². The molecule has 4 nitrogen and oxygen atoms in total. The highest BCUT2D eigenvalue weighted by Crippen LogP contribution is 2.23. The Bertz CT molecular complexity index is 514. The smallest absolute Gasteiger partial charge is 0.335 e. The summed E-state index contributed by atoms with van der Waals surface area (Å²) in [5.41, 5.74) is 8.15. The quantitative estimate of drug-likeness (QED) is 0.599. The SMILES string of the molecule is Cc1cc2c(N)cc(C(=O)O)cc2[nH]1. The van der Waals surface area contributed by atoms with Crippen molar-refractivity contribution in [2.45, 2.75) is 6.92 Å². The van der Waals surface area contributed by atoms with Crippen LogP contribution >= 0.6 is 0 Å². The van der Waals surface area contributed by atoms with E-state index in [0.717, 1.165) is 16.6 Å². The molecule has 0 fully saturated rings. The molecule has 14 heavy (non-hydrogen) atoms. The maximum absolute atomic E-state index is 10.7. The number of aromatic amines is 1. The lowest BCUT2D eigenvalue weighted by Gasteiger charge is -1.98. The summed E-state index contributed by atoms with van der Waals surface area (Å²) in [6.45, 7) is 1.90.